The van der Waals surface area contributed by atoms with Gasteiger partial charge in [0, 0.05) is 0 Å². The lowest BCUT2D eigenvalue weighted by molar-refractivity contribution is -0.136. The minimum absolute atomic E-state index is 0.0313. The molecule has 1 N–H and O–H groups in total. The Balaban J connectivity index is 2.02. The topological polar surface area (TPSA) is 54.4 Å². The molecule has 0 bridgehead atoms. The Morgan fingerprint density at radius 2 is 1.43 bits per heavy atom. The highest BCUT2D eigenvalue weighted by Gasteiger charge is 2.08. The molecule has 0 aromatic heterocycles. The Morgan fingerprint density at radius 3 is 2.00 bits per heavy atom. The summed E-state index contributed by atoms with van der Waals surface area (Å²) in [5.41, 5.74) is 1.89. The van der Waals surface area contributed by atoms with Gasteiger partial charge in [0.15, 0.2) is 21.2 Å². The number of benzene rings is 1. The summed E-state index contributed by atoms with van der Waals surface area (Å²) < 4.78 is 12.0. The van der Waals surface area contributed by atoms with Crippen LogP contribution < -0.4 is 0 Å². The molecule has 30 heavy (non-hydrogen) atoms. The van der Waals surface area contributed by atoms with Crippen LogP contribution in [0.1, 0.15) is 108 Å². The largest absolute Gasteiger partial charge is 0.481 e. The number of allylic oxidation sites excluding steroid dienone is 2. The van der Waals surface area contributed by atoms with Crippen molar-refractivity contribution in [2.75, 3.05) is 0 Å². The third-order valence-corrected chi connectivity index (χ3v) is 7.04. The number of carboxylic acids is 1. The van der Waals surface area contributed by atoms with Crippen LogP contribution in [-0.4, -0.2) is 11.1 Å². The standard InChI is InChI=1S/C26H41IO3/c1-2-3-4-5-6-7-8-9-10-11-12-13-14-15-16-17-18-23-19-20-25(27-30)24(21-23)22-26(28)29/h11-12,19-21H,2-10,13-18,22H2,1H3,(H,28,29). The third-order valence-electron chi connectivity index (χ3n) is 5.51. The second kappa shape index (κ2) is 18.7. The molecule has 0 aliphatic carbocycles. The second-order valence-corrected chi connectivity index (χ2v) is 9.86. The van der Waals surface area contributed by atoms with E-state index in [4.69, 9.17) is 5.11 Å². The number of rotatable bonds is 19. The van der Waals surface area contributed by atoms with E-state index in [9.17, 15) is 7.86 Å². The number of aryl methyl sites for hydroxylation is 1. The summed E-state index contributed by atoms with van der Waals surface area (Å²) in [6.07, 6.45) is 24.0. The van der Waals surface area contributed by atoms with Crippen molar-refractivity contribution in [1.82, 2.24) is 0 Å². The maximum atomic E-state index is 11.3. The Bertz CT molecular complexity index is 625. The van der Waals surface area contributed by atoms with E-state index in [1.54, 1.807) is 0 Å². The average molecular weight is 529 g/mol. The van der Waals surface area contributed by atoms with Crippen molar-refractivity contribution in [3.8, 4) is 0 Å². The van der Waals surface area contributed by atoms with Gasteiger partial charge in [-0.25, -0.2) is 0 Å². The summed E-state index contributed by atoms with van der Waals surface area (Å²) >= 11 is -1.31. The molecule has 0 amide bonds. The fourth-order valence-electron chi connectivity index (χ4n) is 3.73. The summed E-state index contributed by atoms with van der Waals surface area (Å²) in [6, 6.07) is 5.80. The number of unbranched alkanes of at least 4 members (excludes halogenated alkanes) is 12. The predicted octanol–water partition coefficient (Wildman–Crippen LogP) is 8.38. The van der Waals surface area contributed by atoms with Crippen molar-refractivity contribution in [2.24, 2.45) is 0 Å². The lowest BCUT2D eigenvalue weighted by Gasteiger charge is -2.06. The quantitative estimate of drug-likeness (QED) is 0.111. The first kappa shape index (κ1) is 27.0. The maximum absolute atomic E-state index is 11.3. The Hall–Kier alpha value is -1.04. The highest BCUT2D eigenvalue weighted by atomic mass is 127. The fourth-order valence-corrected chi connectivity index (χ4v) is 4.69. The third kappa shape index (κ3) is 14.1. The summed E-state index contributed by atoms with van der Waals surface area (Å²) in [5, 5.41) is 9.01. The molecule has 3 nitrogen and oxygen atoms in total. The molecule has 0 atom stereocenters. The molecule has 0 saturated carbocycles. The van der Waals surface area contributed by atoms with Crippen molar-refractivity contribution in [2.45, 2.75) is 110 Å². The van der Waals surface area contributed by atoms with Gasteiger partial charge in [-0.1, -0.05) is 89.0 Å². The minimum atomic E-state index is -1.31. The van der Waals surface area contributed by atoms with Gasteiger partial charge in [0.05, 0.1) is 9.99 Å². The van der Waals surface area contributed by atoms with E-state index < -0.39 is 27.2 Å². The molecule has 0 fully saturated rings. The van der Waals surface area contributed by atoms with Crippen molar-refractivity contribution < 1.29 is 13.0 Å². The first-order valence-corrected chi connectivity index (χ1v) is 13.9. The van der Waals surface area contributed by atoms with Crippen LogP contribution in [0.15, 0.2) is 30.4 Å². The van der Waals surface area contributed by atoms with Crippen molar-refractivity contribution in [3.05, 3.63) is 45.0 Å². The molecule has 0 aliphatic rings. The second-order valence-electron chi connectivity index (χ2n) is 8.26. The van der Waals surface area contributed by atoms with Crippen LogP contribution in [-0.2, 0) is 20.7 Å². The van der Waals surface area contributed by atoms with E-state index in [1.807, 2.05) is 18.2 Å². The Morgan fingerprint density at radius 1 is 0.867 bits per heavy atom. The van der Waals surface area contributed by atoms with Gasteiger partial charge in [-0.3, -0.25) is 7.86 Å². The summed E-state index contributed by atoms with van der Waals surface area (Å²) in [6.45, 7) is 2.27. The van der Waals surface area contributed by atoms with Crippen LogP contribution in [0.4, 0.5) is 0 Å². The number of halogens is 1. The molecular formula is C26H41IO3. The van der Waals surface area contributed by atoms with Gasteiger partial charge in [-0.05, 0) is 55.7 Å². The molecule has 1 rings (SSSR count). The van der Waals surface area contributed by atoms with Crippen LogP contribution >= 0.6 is 21.2 Å². The van der Waals surface area contributed by atoms with Crippen LogP contribution in [0.5, 0.6) is 0 Å². The lowest BCUT2D eigenvalue weighted by Crippen LogP contribution is -2.03. The highest BCUT2D eigenvalue weighted by Crippen LogP contribution is 2.20. The molecule has 0 heterocycles. The molecule has 0 spiro atoms. The molecule has 0 aliphatic heterocycles. The van der Waals surface area contributed by atoms with Crippen LogP contribution in [0.3, 0.4) is 0 Å². The predicted molar refractivity (Wildman–Crippen MR) is 134 cm³/mol. The van der Waals surface area contributed by atoms with E-state index in [1.165, 1.54) is 83.5 Å². The van der Waals surface area contributed by atoms with E-state index in [0.29, 0.717) is 0 Å². The van der Waals surface area contributed by atoms with E-state index in [-0.39, 0.29) is 6.42 Å². The van der Waals surface area contributed by atoms with Crippen LogP contribution in [0, 0.1) is 3.57 Å². The van der Waals surface area contributed by atoms with E-state index >= 15 is 0 Å². The molecule has 0 unspecified atom stereocenters. The van der Waals surface area contributed by atoms with Gasteiger partial charge in [-0.2, -0.15) is 0 Å². The first-order valence-electron chi connectivity index (χ1n) is 11.9. The van der Waals surface area contributed by atoms with Gasteiger partial charge in [0.1, 0.15) is 0 Å². The average Bonchev–Trinajstić information content (AvgIpc) is 2.73. The van der Waals surface area contributed by atoms with Crippen LogP contribution in [0.2, 0.25) is 0 Å². The van der Waals surface area contributed by atoms with Crippen molar-refractivity contribution in [3.63, 3.8) is 0 Å². The lowest BCUT2D eigenvalue weighted by atomic mass is 10.0. The van der Waals surface area contributed by atoms with Gasteiger partial charge < -0.3 is 5.11 Å². The monoisotopic (exact) mass is 528 g/mol. The molecule has 4 heteroatoms. The first-order chi connectivity index (χ1) is 14.7. The van der Waals surface area contributed by atoms with Crippen molar-refractivity contribution in [1.29, 1.82) is 0 Å². The number of hydrogen-bond donors (Lipinski definition) is 1. The Kier molecular flexibility index (Phi) is 16.8. The summed E-state index contributed by atoms with van der Waals surface area (Å²) in [7, 11) is 0. The van der Waals surface area contributed by atoms with Gasteiger partial charge in [-0.15, -0.1) is 0 Å². The molecule has 1 aromatic carbocycles. The van der Waals surface area contributed by atoms with Crippen LogP contribution in [0.25, 0.3) is 0 Å². The highest BCUT2D eigenvalue weighted by molar-refractivity contribution is 14.1. The molecule has 170 valence electrons. The fraction of sp³-hybridized carbons (Fsp3) is 0.654. The van der Waals surface area contributed by atoms with Crippen molar-refractivity contribution >= 4 is 27.2 Å². The smallest absolute Gasteiger partial charge is 0.307 e. The number of aliphatic carboxylic acids is 1. The SMILES string of the molecule is CCCCCCCCCCC=CCCCCCCc1ccc(I=O)c(CC(=O)O)c1. The minimum Gasteiger partial charge on any atom is -0.481 e. The number of carboxylic acid groups (broad SMARTS) is 1. The zero-order valence-electron chi connectivity index (χ0n) is 18.8. The van der Waals surface area contributed by atoms with Gasteiger partial charge >= 0.3 is 5.97 Å². The normalized spacial score (nSPS) is 11.4. The van der Waals surface area contributed by atoms with E-state index in [2.05, 4.69) is 19.1 Å². The Labute approximate surface area is 194 Å². The van der Waals surface area contributed by atoms with E-state index in [0.717, 1.165) is 27.5 Å². The molecule has 0 saturated heterocycles. The molecule has 1 aromatic rings. The van der Waals surface area contributed by atoms with Gasteiger partial charge in [0.25, 0.3) is 0 Å². The number of hydrogen-bond acceptors (Lipinski definition) is 2. The van der Waals surface area contributed by atoms with Gasteiger partial charge in [0.2, 0.25) is 0 Å². The number of carbonyl (C=O) groups is 1. The summed E-state index contributed by atoms with van der Waals surface area (Å²) in [5.74, 6) is -0.860. The maximum Gasteiger partial charge on any atom is 0.307 e. The zero-order chi connectivity index (χ0) is 21.9. The molecule has 0 radical (unpaired) electrons. The zero-order valence-corrected chi connectivity index (χ0v) is 21.0. The molecular weight excluding hydrogens is 487 g/mol. The summed E-state index contributed by atoms with van der Waals surface area (Å²) in [4.78, 5) is 11.0.